The molecular formula is C20H16Cl2FNO. The number of anilines is 1. The Kier molecular flexibility index (Phi) is 5.79. The summed E-state index contributed by atoms with van der Waals surface area (Å²) in [6.45, 7) is 0.995. The first-order chi connectivity index (χ1) is 12.1. The molecule has 0 bridgehead atoms. The fraction of sp³-hybridized carbons (Fsp3) is 0.100. The van der Waals surface area contributed by atoms with E-state index in [1.54, 1.807) is 24.3 Å². The standard InChI is InChI=1S/C20H16Cl2FNO/c21-16-6-9-20(19(22)11-16)24-12-15-2-1-3-18(10-15)25-13-14-4-7-17(23)8-5-14/h1-11,24H,12-13H2. The van der Waals surface area contributed by atoms with Crippen molar-refractivity contribution >= 4 is 28.9 Å². The van der Waals surface area contributed by atoms with E-state index >= 15 is 0 Å². The maximum absolute atomic E-state index is 12.9. The van der Waals surface area contributed by atoms with Crippen LogP contribution in [0.2, 0.25) is 10.0 Å². The molecule has 1 N–H and O–H groups in total. The largest absolute Gasteiger partial charge is 0.489 e. The number of halogens is 3. The monoisotopic (exact) mass is 375 g/mol. The maximum atomic E-state index is 12.9. The first-order valence-electron chi connectivity index (χ1n) is 7.75. The number of benzene rings is 3. The third-order valence-corrected chi connectivity index (χ3v) is 4.18. The van der Waals surface area contributed by atoms with Crippen molar-refractivity contribution in [1.82, 2.24) is 0 Å². The van der Waals surface area contributed by atoms with E-state index < -0.39 is 0 Å². The van der Waals surface area contributed by atoms with Gasteiger partial charge < -0.3 is 10.1 Å². The predicted octanol–water partition coefficient (Wildman–Crippen LogP) is 6.32. The minimum absolute atomic E-state index is 0.252. The van der Waals surface area contributed by atoms with Gasteiger partial charge in [0.15, 0.2) is 0 Å². The Morgan fingerprint density at radius 3 is 2.44 bits per heavy atom. The van der Waals surface area contributed by atoms with Gasteiger partial charge in [-0.2, -0.15) is 0 Å². The van der Waals surface area contributed by atoms with Crippen molar-refractivity contribution in [2.75, 3.05) is 5.32 Å². The zero-order chi connectivity index (χ0) is 17.6. The van der Waals surface area contributed by atoms with Gasteiger partial charge in [0.25, 0.3) is 0 Å². The lowest BCUT2D eigenvalue weighted by Gasteiger charge is -2.11. The van der Waals surface area contributed by atoms with Crippen LogP contribution in [-0.2, 0) is 13.2 Å². The third kappa shape index (κ3) is 5.12. The molecule has 0 amide bonds. The van der Waals surface area contributed by atoms with Crippen LogP contribution in [0.5, 0.6) is 5.75 Å². The molecule has 0 saturated carbocycles. The predicted molar refractivity (Wildman–Crippen MR) is 101 cm³/mol. The van der Waals surface area contributed by atoms with Gasteiger partial charge >= 0.3 is 0 Å². The topological polar surface area (TPSA) is 21.3 Å². The summed E-state index contributed by atoms with van der Waals surface area (Å²) in [6.07, 6.45) is 0. The van der Waals surface area contributed by atoms with Gasteiger partial charge in [0.1, 0.15) is 18.2 Å². The van der Waals surface area contributed by atoms with Crippen LogP contribution in [0.3, 0.4) is 0 Å². The molecule has 5 heteroatoms. The lowest BCUT2D eigenvalue weighted by atomic mass is 10.2. The highest BCUT2D eigenvalue weighted by atomic mass is 35.5. The molecule has 0 aromatic heterocycles. The molecule has 0 fully saturated rings. The highest BCUT2D eigenvalue weighted by Gasteiger charge is 2.03. The van der Waals surface area contributed by atoms with Crippen LogP contribution in [0.15, 0.2) is 66.7 Å². The molecule has 0 aliphatic rings. The Morgan fingerprint density at radius 2 is 1.68 bits per heavy atom. The fourth-order valence-electron chi connectivity index (χ4n) is 2.32. The van der Waals surface area contributed by atoms with Gasteiger partial charge in [0.05, 0.1) is 10.7 Å². The second-order valence-electron chi connectivity index (χ2n) is 5.54. The summed E-state index contributed by atoms with van der Waals surface area (Å²) in [5, 5.41) is 4.46. The number of hydrogen-bond acceptors (Lipinski definition) is 2. The van der Waals surface area contributed by atoms with Crippen LogP contribution in [0.4, 0.5) is 10.1 Å². The van der Waals surface area contributed by atoms with E-state index in [2.05, 4.69) is 5.32 Å². The summed E-state index contributed by atoms with van der Waals surface area (Å²) in [7, 11) is 0. The molecule has 0 unspecified atom stereocenters. The van der Waals surface area contributed by atoms with Crippen LogP contribution in [0, 0.1) is 5.82 Å². The van der Waals surface area contributed by atoms with E-state index in [0.717, 1.165) is 22.6 Å². The minimum Gasteiger partial charge on any atom is -0.489 e. The Labute approximate surface area is 156 Å². The van der Waals surface area contributed by atoms with E-state index in [4.69, 9.17) is 27.9 Å². The molecule has 0 radical (unpaired) electrons. The summed E-state index contributed by atoms with van der Waals surface area (Å²) in [4.78, 5) is 0. The van der Waals surface area contributed by atoms with Crippen LogP contribution in [0.1, 0.15) is 11.1 Å². The molecule has 0 spiro atoms. The lowest BCUT2D eigenvalue weighted by molar-refractivity contribution is 0.306. The number of nitrogens with one attached hydrogen (secondary N) is 1. The van der Waals surface area contributed by atoms with E-state index in [-0.39, 0.29) is 5.82 Å². The molecule has 3 aromatic rings. The van der Waals surface area contributed by atoms with Gasteiger partial charge in [-0.3, -0.25) is 0 Å². The summed E-state index contributed by atoms with van der Waals surface area (Å²) >= 11 is 12.1. The zero-order valence-corrected chi connectivity index (χ0v) is 14.8. The second kappa shape index (κ2) is 8.24. The number of rotatable bonds is 6. The van der Waals surface area contributed by atoms with Gasteiger partial charge in [-0.1, -0.05) is 47.5 Å². The highest BCUT2D eigenvalue weighted by molar-refractivity contribution is 6.36. The van der Waals surface area contributed by atoms with Crippen LogP contribution in [0.25, 0.3) is 0 Å². The number of hydrogen-bond donors (Lipinski definition) is 1. The summed E-state index contributed by atoms with van der Waals surface area (Å²) in [6, 6.07) is 19.4. The van der Waals surface area contributed by atoms with E-state index in [1.807, 2.05) is 30.3 Å². The van der Waals surface area contributed by atoms with Crippen LogP contribution in [-0.4, -0.2) is 0 Å². The lowest BCUT2D eigenvalue weighted by Crippen LogP contribution is -2.01. The van der Waals surface area contributed by atoms with Crippen molar-refractivity contribution in [2.24, 2.45) is 0 Å². The van der Waals surface area contributed by atoms with Crippen molar-refractivity contribution in [2.45, 2.75) is 13.2 Å². The van der Waals surface area contributed by atoms with Crippen molar-refractivity contribution in [3.63, 3.8) is 0 Å². The maximum Gasteiger partial charge on any atom is 0.123 e. The highest BCUT2D eigenvalue weighted by Crippen LogP contribution is 2.26. The zero-order valence-electron chi connectivity index (χ0n) is 13.3. The van der Waals surface area contributed by atoms with E-state index in [1.165, 1.54) is 12.1 Å². The van der Waals surface area contributed by atoms with Crippen molar-refractivity contribution in [3.05, 3.63) is 93.7 Å². The average Bonchev–Trinajstić information content (AvgIpc) is 2.61. The first-order valence-corrected chi connectivity index (χ1v) is 8.51. The van der Waals surface area contributed by atoms with Crippen molar-refractivity contribution < 1.29 is 9.13 Å². The fourth-order valence-corrected chi connectivity index (χ4v) is 2.80. The molecule has 2 nitrogen and oxygen atoms in total. The second-order valence-corrected chi connectivity index (χ2v) is 6.38. The molecular weight excluding hydrogens is 360 g/mol. The van der Waals surface area contributed by atoms with Crippen LogP contribution < -0.4 is 10.1 Å². The molecule has 0 heterocycles. The quantitative estimate of drug-likeness (QED) is 0.543. The van der Waals surface area contributed by atoms with Crippen LogP contribution >= 0.6 is 23.2 Å². The average molecular weight is 376 g/mol. The molecule has 25 heavy (non-hydrogen) atoms. The summed E-state index contributed by atoms with van der Waals surface area (Å²) in [5.41, 5.74) is 2.80. The normalized spacial score (nSPS) is 10.5. The van der Waals surface area contributed by atoms with Gasteiger partial charge in [0, 0.05) is 11.6 Å². The van der Waals surface area contributed by atoms with Gasteiger partial charge in [-0.15, -0.1) is 0 Å². The Morgan fingerprint density at radius 1 is 0.880 bits per heavy atom. The summed E-state index contributed by atoms with van der Waals surface area (Å²) in [5.74, 6) is 0.503. The first kappa shape index (κ1) is 17.6. The Hall–Kier alpha value is -2.23. The van der Waals surface area contributed by atoms with Crippen molar-refractivity contribution in [1.29, 1.82) is 0 Å². The van der Waals surface area contributed by atoms with E-state index in [9.17, 15) is 4.39 Å². The van der Waals surface area contributed by atoms with Crippen molar-refractivity contribution in [3.8, 4) is 5.75 Å². The number of ether oxygens (including phenoxy) is 1. The SMILES string of the molecule is Fc1ccc(COc2cccc(CNc3ccc(Cl)cc3Cl)c2)cc1. The van der Waals surface area contributed by atoms with E-state index in [0.29, 0.717) is 23.2 Å². The Bertz CT molecular complexity index is 853. The molecule has 3 rings (SSSR count). The van der Waals surface area contributed by atoms with Gasteiger partial charge in [0.2, 0.25) is 0 Å². The minimum atomic E-state index is -0.252. The third-order valence-electron chi connectivity index (χ3n) is 3.63. The van der Waals surface area contributed by atoms with Gasteiger partial charge in [-0.05, 0) is 53.6 Å². The molecule has 0 aliphatic heterocycles. The molecule has 128 valence electrons. The summed E-state index contributed by atoms with van der Waals surface area (Å²) < 4.78 is 18.7. The molecule has 0 atom stereocenters. The van der Waals surface area contributed by atoms with Gasteiger partial charge in [-0.25, -0.2) is 4.39 Å². The molecule has 0 saturated heterocycles. The Balaban J connectivity index is 1.60. The smallest absolute Gasteiger partial charge is 0.123 e. The molecule has 0 aliphatic carbocycles. The molecule has 3 aromatic carbocycles.